The lowest BCUT2D eigenvalue weighted by atomic mass is 10.1. The van der Waals surface area contributed by atoms with Crippen molar-refractivity contribution in [3.05, 3.63) is 35.4 Å². The second kappa shape index (κ2) is 6.73. The molecule has 18 heavy (non-hydrogen) atoms. The maximum absolute atomic E-state index is 11.7. The van der Waals surface area contributed by atoms with Gasteiger partial charge in [-0.25, -0.2) is 4.79 Å². The van der Waals surface area contributed by atoms with Crippen LogP contribution in [0.25, 0.3) is 0 Å². The van der Waals surface area contributed by atoms with Crippen molar-refractivity contribution in [2.75, 3.05) is 13.7 Å². The van der Waals surface area contributed by atoms with Gasteiger partial charge in [-0.1, -0.05) is 12.1 Å². The summed E-state index contributed by atoms with van der Waals surface area (Å²) in [7, 11) is 1.55. The number of ether oxygens (including phenoxy) is 1. The summed E-state index contributed by atoms with van der Waals surface area (Å²) >= 11 is 0. The van der Waals surface area contributed by atoms with Gasteiger partial charge in [0.1, 0.15) is 0 Å². The van der Waals surface area contributed by atoms with Gasteiger partial charge in [-0.3, -0.25) is 4.79 Å². The molecule has 0 aliphatic carbocycles. The molecule has 6 heteroatoms. The third-order valence-electron chi connectivity index (χ3n) is 2.24. The van der Waals surface area contributed by atoms with Crippen LogP contribution in [-0.4, -0.2) is 41.8 Å². The van der Waals surface area contributed by atoms with Gasteiger partial charge in [0.05, 0.1) is 13.2 Å². The normalized spacial score (nSPS) is 11.9. The van der Waals surface area contributed by atoms with E-state index in [1.165, 1.54) is 0 Å². The summed E-state index contributed by atoms with van der Waals surface area (Å²) in [6, 6.07) is 6.76. The molecule has 3 N–H and O–H groups in total. The van der Waals surface area contributed by atoms with Crippen molar-refractivity contribution in [1.82, 2.24) is 5.32 Å². The number of nitrogens with one attached hydrogen (secondary N) is 1. The number of hydrogen-bond donors (Lipinski definition) is 3. The molecule has 0 aromatic heterocycles. The quantitative estimate of drug-likeness (QED) is 0.663. The summed E-state index contributed by atoms with van der Waals surface area (Å²) in [5, 5.41) is 19.8. The summed E-state index contributed by atoms with van der Waals surface area (Å²) in [5.74, 6) is -1.81. The predicted molar refractivity (Wildman–Crippen MR) is 63.1 cm³/mol. The molecule has 0 spiro atoms. The Morgan fingerprint density at radius 3 is 2.78 bits per heavy atom. The number of carbonyl (C=O) groups is 2. The summed E-state index contributed by atoms with van der Waals surface area (Å²) in [4.78, 5) is 22.0. The summed E-state index contributed by atoms with van der Waals surface area (Å²) in [6.07, 6.45) is -1.60. The van der Waals surface area contributed by atoms with Gasteiger partial charge in [0.25, 0.3) is 5.91 Å². The van der Waals surface area contributed by atoms with E-state index < -0.39 is 18.0 Å². The molecule has 0 heterocycles. The van der Waals surface area contributed by atoms with Gasteiger partial charge >= 0.3 is 5.97 Å². The van der Waals surface area contributed by atoms with Crippen molar-refractivity contribution >= 4 is 11.9 Å². The molecule has 0 saturated heterocycles. The molecule has 6 nitrogen and oxygen atoms in total. The third-order valence-corrected chi connectivity index (χ3v) is 2.24. The average molecular weight is 253 g/mol. The van der Waals surface area contributed by atoms with Crippen LogP contribution in [0.3, 0.4) is 0 Å². The first kappa shape index (κ1) is 14.1. The molecule has 0 aliphatic heterocycles. The molecule has 0 unspecified atom stereocenters. The molecule has 98 valence electrons. The molecule has 1 rings (SSSR count). The van der Waals surface area contributed by atoms with E-state index in [0.717, 1.165) is 5.56 Å². The molecule has 0 fully saturated rings. The van der Waals surface area contributed by atoms with E-state index in [1.54, 1.807) is 25.3 Å². The molecule has 1 aromatic rings. The molecule has 0 aliphatic rings. The Hall–Kier alpha value is -1.92. The standard InChI is InChI=1S/C12H15NO5/c1-18-7-8-3-2-4-9(5-8)11(15)13-6-10(14)12(16)17/h2-5,10,14H,6-7H2,1H3,(H,13,15)(H,16,17)/t10-/m0/s1. The number of carboxylic acids is 1. The Kier molecular flexibility index (Phi) is 5.29. The van der Waals surface area contributed by atoms with E-state index >= 15 is 0 Å². The van der Waals surface area contributed by atoms with E-state index in [4.69, 9.17) is 14.9 Å². The number of aliphatic carboxylic acids is 1. The van der Waals surface area contributed by atoms with Crippen molar-refractivity contribution in [2.24, 2.45) is 0 Å². The maximum atomic E-state index is 11.7. The SMILES string of the molecule is COCc1cccc(C(=O)NC[C@H](O)C(=O)O)c1. The number of aliphatic hydroxyl groups excluding tert-OH is 1. The van der Waals surface area contributed by atoms with Crippen molar-refractivity contribution in [3.8, 4) is 0 Å². The third kappa shape index (κ3) is 4.15. The fourth-order valence-electron chi connectivity index (χ4n) is 1.35. The fourth-order valence-corrected chi connectivity index (χ4v) is 1.35. The number of rotatable bonds is 6. The van der Waals surface area contributed by atoms with Gasteiger partial charge in [-0.05, 0) is 17.7 Å². The Morgan fingerprint density at radius 1 is 1.44 bits per heavy atom. The van der Waals surface area contributed by atoms with Gasteiger partial charge in [-0.15, -0.1) is 0 Å². The van der Waals surface area contributed by atoms with Crippen molar-refractivity contribution < 1.29 is 24.5 Å². The number of methoxy groups -OCH3 is 1. The van der Waals surface area contributed by atoms with E-state index in [1.807, 2.05) is 6.07 Å². The molecule has 1 aromatic carbocycles. The van der Waals surface area contributed by atoms with Crippen LogP contribution in [0.4, 0.5) is 0 Å². The lowest BCUT2D eigenvalue weighted by Gasteiger charge is -2.08. The number of carboxylic acid groups (broad SMARTS) is 1. The zero-order valence-electron chi connectivity index (χ0n) is 9.92. The lowest BCUT2D eigenvalue weighted by molar-refractivity contribution is -0.146. The van der Waals surface area contributed by atoms with Crippen LogP contribution >= 0.6 is 0 Å². The highest BCUT2D eigenvalue weighted by Crippen LogP contribution is 2.06. The molecule has 0 bridgehead atoms. The van der Waals surface area contributed by atoms with Crippen LogP contribution in [0.15, 0.2) is 24.3 Å². The van der Waals surface area contributed by atoms with Gasteiger partial charge in [0.2, 0.25) is 0 Å². The van der Waals surface area contributed by atoms with Crippen molar-refractivity contribution in [1.29, 1.82) is 0 Å². The zero-order chi connectivity index (χ0) is 13.5. The first-order chi connectivity index (χ1) is 8.54. The van der Waals surface area contributed by atoms with Gasteiger partial charge in [0.15, 0.2) is 6.10 Å². The summed E-state index contributed by atoms with van der Waals surface area (Å²) < 4.78 is 4.94. The van der Waals surface area contributed by atoms with Crippen molar-refractivity contribution in [3.63, 3.8) is 0 Å². The highest BCUT2D eigenvalue weighted by molar-refractivity contribution is 5.94. The lowest BCUT2D eigenvalue weighted by Crippen LogP contribution is -2.36. The average Bonchev–Trinajstić information content (AvgIpc) is 2.36. The number of benzene rings is 1. The van der Waals surface area contributed by atoms with Crippen LogP contribution < -0.4 is 5.32 Å². The number of amides is 1. The monoisotopic (exact) mass is 253 g/mol. The van der Waals surface area contributed by atoms with Gasteiger partial charge in [-0.2, -0.15) is 0 Å². The Bertz CT molecular complexity index is 432. The minimum absolute atomic E-state index is 0.331. The van der Waals surface area contributed by atoms with Crippen LogP contribution in [0, 0.1) is 0 Å². The van der Waals surface area contributed by atoms with Crippen LogP contribution in [0.5, 0.6) is 0 Å². The predicted octanol–water partition coefficient (Wildman–Crippen LogP) is 0.00830. The Balaban J connectivity index is 2.61. The van der Waals surface area contributed by atoms with Crippen molar-refractivity contribution in [2.45, 2.75) is 12.7 Å². The van der Waals surface area contributed by atoms with Crippen LogP contribution in [-0.2, 0) is 16.1 Å². The van der Waals surface area contributed by atoms with Crippen LogP contribution in [0.1, 0.15) is 15.9 Å². The molecule has 1 amide bonds. The first-order valence-corrected chi connectivity index (χ1v) is 5.31. The summed E-state index contributed by atoms with van der Waals surface area (Å²) in [5.41, 5.74) is 1.23. The highest BCUT2D eigenvalue weighted by atomic mass is 16.5. The first-order valence-electron chi connectivity index (χ1n) is 5.31. The number of carbonyl (C=O) groups excluding carboxylic acids is 1. The highest BCUT2D eigenvalue weighted by Gasteiger charge is 2.14. The number of aliphatic hydroxyl groups is 1. The maximum Gasteiger partial charge on any atom is 0.334 e. The second-order valence-electron chi connectivity index (χ2n) is 3.70. The smallest absolute Gasteiger partial charge is 0.334 e. The summed E-state index contributed by atoms with van der Waals surface area (Å²) in [6.45, 7) is 0.0571. The molecule has 1 atom stereocenters. The fraction of sp³-hybridized carbons (Fsp3) is 0.333. The van der Waals surface area contributed by atoms with E-state index in [0.29, 0.717) is 12.2 Å². The van der Waals surface area contributed by atoms with E-state index in [-0.39, 0.29) is 6.54 Å². The molecule has 0 radical (unpaired) electrons. The van der Waals surface area contributed by atoms with Gasteiger partial charge in [0, 0.05) is 12.7 Å². The van der Waals surface area contributed by atoms with Crippen LogP contribution in [0.2, 0.25) is 0 Å². The Labute approximate surface area is 104 Å². The largest absolute Gasteiger partial charge is 0.479 e. The molecule has 0 saturated carbocycles. The minimum Gasteiger partial charge on any atom is -0.479 e. The van der Waals surface area contributed by atoms with E-state index in [9.17, 15) is 9.59 Å². The molecular weight excluding hydrogens is 238 g/mol. The zero-order valence-corrected chi connectivity index (χ0v) is 9.92. The molecular formula is C12H15NO5. The Morgan fingerprint density at radius 2 is 2.17 bits per heavy atom. The minimum atomic E-state index is -1.60. The number of hydrogen-bond acceptors (Lipinski definition) is 4. The van der Waals surface area contributed by atoms with E-state index in [2.05, 4.69) is 5.32 Å². The van der Waals surface area contributed by atoms with Gasteiger partial charge < -0.3 is 20.3 Å². The topological polar surface area (TPSA) is 95.9 Å². The second-order valence-corrected chi connectivity index (χ2v) is 3.70.